The summed E-state index contributed by atoms with van der Waals surface area (Å²) in [5, 5.41) is 14.0. The molecule has 0 saturated carbocycles. The van der Waals surface area contributed by atoms with Crippen LogP contribution in [0.25, 0.3) is 0 Å². The number of aliphatic carboxylic acids is 1. The van der Waals surface area contributed by atoms with Crippen LogP contribution in [-0.2, 0) is 17.8 Å². The third kappa shape index (κ3) is 3.35. The Bertz CT molecular complexity index is 647. The Morgan fingerprint density at radius 1 is 1.33 bits per heavy atom. The minimum absolute atomic E-state index is 0.424. The van der Waals surface area contributed by atoms with E-state index in [0.29, 0.717) is 6.42 Å². The summed E-state index contributed by atoms with van der Waals surface area (Å²) >= 11 is 3.53. The first-order valence-corrected chi connectivity index (χ1v) is 7.74. The van der Waals surface area contributed by atoms with Crippen LogP contribution < -0.4 is 0 Å². The molecule has 0 aliphatic carbocycles. The number of hydrogen-bond acceptors (Lipinski definition) is 2. The van der Waals surface area contributed by atoms with E-state index in [1.807, 2.05) is 49.7 Å². The van der Waals surface area contributed by atoms with Gasteiger partial charge in [0.25, 0.3) is 0 Å². The Morgan fingerprint density at radius 2 is 1.95 bits per heavy atom. The Hall–Kier alpha value is -1.62. The Labute approximate surface area is 132 Å². The largest absolute Gasteiger partial charge is 0.481 e. The van der Waals surface area contributed by atoms with Crippen LogP contribution in [0.1, 0.15) is 35.4 Å². The number of nitrogens with zero attached hydrogens (tertiary/aromatic N) is 2. The highest BCUT2D eigenvalue weighted by Gasteiger charge is 2.24. The molecule has 1 heterocycles. The molecule has 0 saturated heterocycles. The molecule has 2 aromatic rings. The number of rotatable bonds is 5. The highest BCUT2D eigenvalue weighted by atomic mass is 79.9. The van der Waals surface area contributed by atoms with E-state index in [4.69, 9.17) is 0 Å². The van der Waals surface area contributed by atoms with Gasteiger partial charge in [-0.15, -0.1) is 0 Å². The zero-order chi connectivity index (χ0) is 15.6. The molecule has 21 heavy (non-hydrogen) atoms. The van der Waals surface area contributed by atoms with Crippen molar-refractivity contribution in [1.82, 2.24) is 9.78 Å². The molecule has 0 bridgehead atoms. The molecule has 5 heteroatoms. The van der Waals surface area contributed by atoms with Crippen LogP contribution in [0.3, 0.4) is 0 Å². The maximum Gasteiger partial charge on any atom is 0.311 e. The normalized spacial score (nSPS) is 12.4. The van der Waals surface area contributed by atoms with Gasteiger partial charge in [-0.25, -0.2) is 0 Å². The summed E-state index contributed by atoms with van der Waals surface area (Å²) in [5.41, 5.74) is 3.77. The van der Waals surface area contributed by atoms with E-state index in [2.05, 4.69) is 21.0 Å². The molecule has 0 aliphatic heterocycles. The topological polar surface area (TPSA) is 55.1 Å². The lowest BCUT2D eigenvalue weighted by molar-refractivity contribution is -0.138. The van der Waals surface area contributed by atoms with Crippen LogP contribution in [0, 0.1) is 13.8 Å². The van der Waals surface area contributed by atoms with E-state index < -0.39 is 11.9 Å². The molecule has 2 rings (SSSR count). The van der Waals surface area contributed by atoms with Gasteiger partial charge in [0, 0.05) is 13.0 Å². The lowest BCUT2D eigenvalue weighted by atomic mass is 9.93. The van der Waals surface area contributed by atoms with Crippen molar-refractivity contribution in [1.29, 1.82) is 0 Å². The predicted molar refractivity (Wildman–Crippen MR) is 85.6 cm³/mol. The van der Waals surface area contributed by atoms with Gasteiger partial charge in [0.1, 0.15) is 0 Å². The molecule has 1 atom stereocenters. The number of aromatic nitrogens is 2. The van der Waals surface area contributed by atoms with Crippen molar-refractivity contribution in [3.05, 3.63) is 51.3 Å². The van der Waals surface area contributed by atoms with Gasteiger partial charge in [-0.1, -0.05) is 29.8 Å². The second-order valence-corrected chi connectivity index (χ2v) is 5.96. The molecule has 1 aromatic heterocycles. The molecule has 112 valence electrons. The summed E-state index contributed by atoms with van der Waals surface area (Å²) in [6, 6.07) is 7.68. The smallest absolute Gasteiger partial charge is 0.311 e. The lowest BCUT2D eigenvalue weighted by Gasteiger charge is -2.14. The fourth-order valence-electron chi connectivity index (χ4n) is 2.40. The van der Waals surface area contributed by atoms with Crippen LogP contribution in [0.2, 0.25) is 0 Å². The number of benzene rings is 1. The van der Waals surface area contributed by atoms with Gasteiger partial charge < -0.3 is 5.11 Å². The van der Waals surface area contributed by atoms with Gasteiger partial charge in [-0.05, 0) is 42.3 Å². The third-order valence-electron chi connectivity index (χ3n) is 3.63. The second kappa shape index (κ2) is 6.43. The van der Waals surface area contributed by atoms with E-state index in [1.54, 1.807) is 0 Å². The van der Waals surface area contributed by atoms with Gasteiger partial charge in [0.2, 0.25) is 0 Å². The Kier molecular flexibility index (Phi) is 4.83. The number of carbonyl (C=O) groups is 1. The number of halogens is 1. The standard InChI is InChI=1S/C16H19BrN2O2/c1-4-19-14(15(17)11(3)18-19)9-13(16(20)21)12-7-5-10(2)6-8-12/h5-8,13H,4,9H2,1-3H3,(H,20,21). The fourth-order valence-corrected chi connectivity index (χ4v) is 2.85. The van der Waals surface area contributed by atoms with Crippen molar-refractivity contribution in [3.8, 4) is 0 Å². The summed E-state index contributed by atoms with van der Waals surface area (Å²) in [6.07, 6.45) is 0.424. The zero-order valence-electron chi connectivity index (χ0n) is 12.4. The Morgan fingerprint density at radius 3 is 2.48 bits per heavy atom. The van der Waals surface area contributed by atoms with Gasteiger partial charge in [0.05, 0.1) is 21.8 Å². The van der Waals surface area contributed by atoms with Crippen molar-refractivity contribution in [2.24, 2.45) is 0 Å². The van der Waals surface area contributed by atoms with Crippen molar-refractivity contribution in [2.75, 3.05) is 0 Å². The molecular weight excluding hydrogens is 332 g/mol. The number of carboxylic acids is 1. The molecule has 1 N–H and O–H groups in total. The highest BCUT2D eigenvalue weighted by Crippen LogP contribution is 2.28. The monoisotopic (exact) mass is 350 g/mol. The number of carboxylic acid groups (broad SMARTS) is 1. The minimum Gasteiger partial charge on any atom is -0.481 e. The SMILES string of the molecule is CCn1nc(C)c(Br)c1CC(C(=O)O)c1ccc(C)cc1. The summed E-state index contributed by atoms with van der Waals surface area (Å²) < 4.78 is 2.77. The molecule has 0 aliphatic rings. The van der Waals surface area contributed by atoms with Crippen molar-refractivity contribution in [2.45, 2.75) is 39.7 Å². The molecular formula is C16H19BrN2O2. The van der Waals surface area contributed by atoms with Gasteiger partial charge in [0.15, 0.2) is 0 Å². The summed E-state index contributed by atoms with van der Waals surface area (Å²) in [4.78, 5) is 11.7. The van der Waals surface area contributed by atoms with Crippen molar-refractivity contribution in [3.63, 3.8) is 0 Å². The van der Waals surface area contributed by atoms with Crippen LogP contribution in [0.4, 0.5) is 0 Å². The summed E-state index contributed by atoms with van der Waals surface area (Å²) in [7, 11) is 0. The van der Waals surface area contributed by atoms with Gasteiger partial charge in [-0.2, -0.15) is 5.10 Å². The van der Waals surface area contributed by atoms with E-state index in [9.17, 15) is 9.90 Å². The molecule has 0 spiro atoms. The summed E-state index contributed by atoms with van der Waals surface area (Å²) in [5.74, 6) is -1.38. The van der Waals surface area contributed by atoms with E-state index >= 15 is 0 Å². The molecule has 1 unspecified atom stereocenters. The Balaban J connectivity index is 2.37. The van der Waals surface area contributed by atoms with Crippen LogP contribution in [0.5, 0.6) is 0 Å². The third-order valence-corrected chi connectivity index (χ3v) is 4.66. The first-order valence-electron chi connectivity index (χ1n) is 6.95. The minimum atomic E-state index is -0.813. The highest BCUT2D eigenvalue weighted by molar-refractivity contribution is 9.10. The van der Waals surface area contributed by atoms with Crippen LogP contribution in [0.15, 0.2) is 28.7 Å². The quantitative estimate of drug-likeness (QED) is 0.894. The van der Waals surface area contributed by atoms with Crippen molar-refractivity contribution < 1.29 is 9.90 Å². The molecule has 1 aromatic carbocycles. The average Bonchev–Trinajstić information content (AvgIpc) is 2.72. The second-order valence-electron chi connectivity index (χ2n) is 5.17. The maximum absolute atomic E-state index is 11.7. The average molecular weight is 351 g/mol. The number of aryl methyl sites for hydroxylation is 3. The van der Waals surface area contributed by atoms with Gasteiger partial charge in [-0.3, -0.25) is 9.48 Å². The molecule has 4 nitrogen and oxygen atoms in total. The predicted octanol–water partition coefficient (Wildman–Crippen LogP) is 3.69. The van der Waals surface area contributed by atoms with E-state index in [1.165, 1.54) is 0 Å². The molecule has 0 radical (unpaired) electrons. The zero-order valence-corrected chi connectivity index (χ0v) is 14.0. The van der Waals surface area contributed by atoms with Gasteiger partial charge >= 0.3 is 5.97 Å². The molecule has 0 fully saturated rings. The first-order chi connectivity index (χ1) is 9.93. The first kappa shape index (κ1) is 15.8. The maximum atomic E-state index is 11.7. The fraction of sp³-hybridized carbons (Fsp3) is 0.375. The van der Waals surface area contributed by atoms with Crippen molar-refractivity contribution >= 4 is 21.9 Å². The van der Waals surface area contributed by atoms with Crippen LogP contribution >= 0.6 is 15.9 Å². The number of hydrogen-bond donors (Lipinski definition) is 1. The molecule has 0 amide bonds. The summed E-state index contributed by atoms with van der Waals surface area (Å²) in [6.45, 7) is 6.64. The van der Waals surface area contributed by atoms with E-state index in [-0.39, 0.29) is 0 Å². The van der Waals surface area contributed by atoms with Crippen LogP contribution in [-0.4, -0.2) is 20.9 Å². The van der Waals surface area contributed by atoms with E-state index in [0.717, 1.165) is 33.5 Å². The lowest BCUT2D eigenvalue weighted by Crippen LogP contribution is -2.17.